The van der Waals surface area contributed by atoms with E-state index in [-0.39, 0.29) is 37.9 Å². The van der Waals surface area contributed by atoms with Crippen molar-refractivity contribution in [1.29, 1.82) is 0 Å². The molecule has 2 aromatic carbocycles. The van der Waals surface area contributed by atoms with Crippen molar-refractivity contribution in [3.05, 3.63) is 70.6 Å². The van der Waals surface area contributed by atoms with Crippen molar-refractivity contribution in [3.63, 3.8) is 0 Å². The standard InChI is InChI=1S/C22H25FN4O4S.CH4O/c1-14-3-4-15(2)16(9-14)10-21-25-20(12-30-22(28)13-29-7-8-31-24)26-27(21)19-6-5-17(32)11-18(19)23;1-2/h3-6,9,11,32H,7-8,10,12-13,24H2,1-2H3;2H,1H3. The first-order chi connectivity index (χ1) is 16.4. The number of aryl methyl sites for hydroxylation is 2. The van der Waals surface area contributed by atoms with Crippen molar-refractivity contribution < 1.29 is 28.6 Å². The zero-order chi connectivity index (χ0) is 25.1. The van der Waals surface area contributed by atoms with Gasteiger partial charge in [0.15, 0.2) is 12.4 Å². The van der Waals surface area contributed by atoms with Crippen molar-refractivity contribution in [2.75, 3.05) is 26.9 Å². The average Bonchev–Trinajstić information content (AvgIpc) is 3.21. The summed E-state index contributed by atoms with van der Waals surface area (Å²) in [4.78, 5) is 21.2. The summed E-state index contributed by atoms with van der Waals surface area (Å²) in [5.74, 6) is 4.59. The summed E-state index contributed by atoms with van der Waals surface area (Å²) >= 11 is 4.18. The lowest BCUT2D eigenvalue weighted by molar-refractivity contribution is -0.151. The molecule has 3 rings (SSSR count). The highest BCUT2D eigenvalue weighted by atomic mass is 32.1. The van der Waals surface area contributed by atoms with Gasteiger partial charge in [0, 0.05) is 18.4 Å². The summed E-state index contributed by atoms with van der Waals surface area (Å²) in [5, 5.41) is 11.4. The number of nitrogens with zero attached hydrogens (tertiary/aromatic N) is 3. The molecule has 0 radical (unpaired) electrons. The molecule has 11 heteroatoms. The summed E-state index contributed by atoms with van der Waals surface area (Å²) in [6.45, 7) is 3.91. The molecule has 184 valence electrons. The maximum absolute atomic E-state index is 14.7. The van der Waals surface area contributed by atoms with E-state index in [0.29, 0.717) is 17.1 Å². The number of aromatic nitrogens is 3. The number of carbonyl (C=O) groups is 1. The lowest BCUT2D eigenvalue weighted by atomic mass is 10.0. The lowest BCUT2D eigenvalue weighted by Crippen LogP contribution is -2.16. The predicted molar refractivity (Wildman–Crippen MR) is 126 cm³/mol. The summed E-state index contributed by atoms with van der Waals surface area (Å²) in [5.41, 5.74) is 3.47. The number of halogens is 1. The third kappa shape index (κ3) is 7.89. The minimum atomic E-state index is -0.583. The third-order valence-corrected chi connectivity index (χ3v) is 4.94. The number of thiol groups is 1. The first-order valence-corrected chi connectivity index (χ1v) is 10.8. The number of aliphatic hydroxyl groups excluding tert-OH is 1. The minimum absolute atomic E-state index is 0.164. The SMILES string of the molecule is CO.Cc1ccc(C)c(Cc2nc(COC(=O)COCCON)nn2-c2ccc(S)cc2F)c1. The van der Waals surface area contributed by atoms with Crippen LogP contribution in [0, 0.1) is 19.7 Å². The highest BCUT2D eigenvalue weighted by Crippen LogP contribution is 2.21. The van der Waals surface area contributed by atoms with Gasteiger partial charge in [0.25, 0.3) is 0 Å². The van der Waals surface area contributed by atoms with Crippen LogP contribution in [-0.2, 0) is 32.1 Å². The molecular weight excluding hydrogens is 463 g/mol. The maximum atomic E-state index is 14.7. The van der Waals surface area contributed by atoms with Gasteiger partial charge in [0.2, 0.25) is 0 Å². The zero-order valence-electron chi connectivity index (χ0n) is 19.3. The molecule has 0 aliphatic carbocycles. The van der Waals surface area contributed by atoms with E-state index in [0.717, 1.165) is 23.8 Å². The van der Waals surface area contributed by atoms with Gasteiger partial charge in [0.1, 0.15) is 23.9 Å². The zero-order valence-corrected chi connectivity index (χ0v) is 20.2. The van der Waals surface area contributed by atoms with Gasteiger partial charge >= 0.3 is 5.97 Å². The van der Waals surface area contributed by atoms with E-state index in [4.69, 9.17) is 20.5 Å². The molecule has 34 heavy (non-hydrogen) atoms. The van der Waals surface area contributed by atoms with Crippen molar-refractivity contribution >= 4 is 18.6 Å². The Balaban J connectivity index is 0.00000199. The average molecular weight is 493 g/mol. The molecule has 0 fully saturated rings. The fourth-order valence-corrected chi connectivity index (χ4v) is 3.23. The molecule has 0 bridgehead atoms. The molecule has 0 aliphatic heterocycles. The van der Waals surface area contributed by atoms with Crippen LogP contribution < -0.4 is 5.90 Å². The largest absolute Gasteiger partial charge is 0.456 e. The quantitative estimate of drug-likeness (QED) is 0.171. The van der Waals surface area contributed by atoms with Gasteiger partial charge in [-0.2, -0.15) is 0 Å². The summed E-state index contributed by atoms with van der Waals surface area (Å²) in [6.07, 6.45) is 0.429. The molecule has 0 atom stereocenters. The van der Waals surface area contributed by atoms with Gasteiger partial charge in [-0.05, 0) is 43.2 Å². The predicted octanol–water partition coefficient (Wildman–Crippen LogP) is 2.46. The molecular formula is C23H29FN4O5S. The lowest BCUT2D eigenvalue weighted by Gasteiger charge is -2.10. The first-order valence-electron chi connectivity index (χ1n) is 10.4. The highest BCUT2D eigenvalue weighted by Gasteiger charge is 2.17. The molecule has 1 aromatic heterocycles. The Morgan fingerprint density at radius 3 is 2.65 bits per heavy atom. The second-order valence-corrected chi connectivity index (χ2v) is 7.70. The number of rotatable bonds is 10. The van der Waals surface area contributed by atoms with Crippen LogP contribution in [0.1, 0.15) is 28.3 Å². The Morgan fingerprint density at radius 1 is 1.18 bits per heavy atom. The Morgan fingerprint density at radius 2 is 1.94 bits per heavy atom. The fourth-order valence-electron chi connectivity index (χ4n) is 3.04. The molecule has 0 saturated carbocycles. The van der Waals surface area contributed by atoms with E-state index in [1.165, 1.54) is 10.7 Å². The van der Waals surface area contributed by atoms with Crippen molar-refractivity contribution in [2.45, 2.75) is 31.8 Å². The van der Waals surface area contributed by atoms with Crippen molar-refractivity contribution in [3.8, 4) is 5.69 Å². The molecule has 0 aliphatic rings. The molecule has 3 N–H and O–H groups in total. The van der Waals surface area contributed by atoms with Gasteiger partial charge in [-0.25, -0.2) is 24.7 Å². The van der Waals surface area contributed by atoms with Crippen LogP contribution in [0.3, 0.4) is 0 Å². The van der Waals surface area contributed by atoms with Crippen LogP contribution in [0.4, 0.5) is 4.39 Å². The normalized spacial score (nSPS) is 10.6. The minimum Gasteiger partial charge on any atom is -0.456 e. The first kappa shape index (κ1) is 27.4. The smallest absolute Gasteiger partial charge is 0.332 e. The number of benzene rings is 2. The van der Waals surface area contributed by atoms with E-state index in [2.05, 4.69) is 33.6 Å². The summed E-state index contributed by atoms with van der Waals surface area (Å²) in [7, 11) is 1.00. The Bertz CT molecular complexity index is 1090. The van der Waals surface area contributed by atoms with Crippen LogP contribution >= 0.6 is 12.6 Å². The van der Waals surface area contributed by atoms with Crippen LogP contribution in [-0.4, -0.2) is 52.8 Å². The number of hydrogen-bond donors (Lipinski definition) is 3. The topological polar surface area (TPSA) is 122 Å². The number of carbonyl (C=O) groups excluding carboxylic acids is 1. The molecule has 0 unspecified atom stereocenters. The number of aliphatic hydroxyl groups is 1. The van der Waals surface area contributed by atoms with E-state index in [1.54, 1.807) is 12.1 Å². The maximum Gasteiger partial charge on any atom is 0.332 e. The third-order valence-electron chi connectivity index (χ3n) is 4.66. The van der Waals surface area contributed by atoms with E-state index in [1.807, 2.05) is 26.0 Å². The summed E-state index contributed by atoms with van der Waals surface area (Å²) < 4.78 is 26.3. The number of nitrogens with two attached hydrogens (primary N) is 1. The molecule has 0 spiro atoms. The fraction of sp³-hybridized carbons (Fsp3) is 0.348. The second-order valence-electron chi connectivity index (χ2n) is 7.18. The van der Waals surface area contributed by atoms with Gasteiger partial charge in [-0.15, -0.1) is 17.7 Å². The van der Waals surface area contributed by atoms with Crippen LogP contribution in [0.5, 0.6) is 0 Å². The number of ether oxygens (including phenoxy) is 2. The van der Waals surface area contributed by atoms with Crippen LogP contribution in [0.25, 0.3) is 5.69 Å². The Kier molecular flexibility index (Phi) is 11.1. The van der Waals surface area contributed by atoms with Gasteiger partial charge in [-0.1, -0.05) is 23.8 Å². The van der Waals surface area contributed by atoms with Crippen molar-refractivity contribution in [2.24, 2.45) is 5.90 Å². The Labute approximate surface area is 203 Å². The molecule has 9 nitrogen and oxygen atoms in total. The monoisotopic (exact) mass is 492 g/mol. The molecule has 1 heterocycles. The van der Waals surface area contributed by atoms with Crippen molar-refractivity contribution in [1.82, 2.24) is 14.8 Å². The second kappa shape index (κ2) is 13.8. The molecule has 0 amide bonds. The number of hydrogen-bond acceptors (Lipinski definition) is 9. The van der Waals surface area contributed by atoms with E-state index in [9.17, 15) is 9.18 Å². The van der Waals surface area contributed by atoms with Gasteiger partial charge < -0.3 is 19.4 Å². The summed E-state index contributed by atoms with van der Waals surface area (Å²) in [6, 6.07) is 10.7. The van der Waals surface area contributed by atoms with E-state index < -0.39 is 11.8 Å². The van der Waals surface area contributed by atoms with Gasteiger partial charge in [-0.3, -0.25) is 0 Å². The van der Waals surface area contributed by atoms with E-state index >= 15 is 0 Å². The van der Waals surface area contributed by atoms with Crippen LogP contribution in [0.15, 0.2) is 41.3 Å². The van der Waals surface area contributed by atoms with Crippen LogP contribution in [0.2, 0.25) is 0 Å². The highest BCUT2D eigenvalue weighted by molar-refractivity contribution is 7.80. The van der Waals surface area contributed by atoms with Gasteiger partial charge in [0.05, 0.1) is 13.2 Å². The molecule has 0 saturated heterocycles. The molecule has 3 aromatic rings. The Hall–Kier alpha value is -2.83. The number of esters is 1.